The third kappa shape index (κ3) is 8.88. The molecule has 2 rings (SSSR count). The molecule has 0 fully saturated rings. The fraction of sp³-hybridized carbons (Fsp3) is 0.520. The molecule has 0 saturated carbocycles. The molecule has 0 bridgehead atoms. The summed E-state index contributed by atoms with van der Waals surface area (Å²) in [5, 5.41) is 0. The average molecular weight is 401 g/mol. The quantitative estimate of drug-likeness (QED) is 0.424. The molecule has 0 spiro atoms. The van der Waals surface area contributed by atoms with E-state index < -0.39 is 0 Å². The summed E-state index contributed by atoms with van der Waals surface area (Å²) in [5.74, 6) is 1.70. The first kappa shape index (κ1) is 23.2. The molecule has 29 heavy (non-hydrogen) atoms. The summed E-state index contributed by atoms with van der Waals surface area (Å²) in [6.45, 7) is 13.7. The number of para-hydroxylation sites is 1. The third-order valence-electron chi connectivity index (χ3n) is 4.46. The molecular weight excluding hydrogens is 364 g/mol. The lowest BCUT2D eigenvalue weighted by Gasteiger charge is -2.19. The van der Waals surface area contributed by atoms with Crippen molar-refractivity contribution in [2.45, 2.75) is 59.2 Å². The first-order valence-corrected chi connectivity index (χ1v) is 10.5. The van der Waals surface area contributed by atoms with Crippen LogP contribution in [-0.4, -0.2) is 32.5 Å². The minimum absolute atomic E-state index is 0.141. The lowest BCUT2D eigenvalue weighted by molar-refractivity contribution is 0.0445. The Balaban J connectivity index is 1.74. The number of ether oxygens (including phenoxy) is 4. The topological polar surface area (TPSA) is 36.9 Å². The summed E-state index contributed by atoms with van der Waals surface area (Å²) < 4.78 is 23.0. The van der Waals surface area contributed by atoms with Crippen molar-refractivity contribution in [3.05, 3.63) is 59.7 Å². The van der Waals surface area contributed by atoms with Gasteiger partial charge in [0.05, 0.1) is 12.7 Å². The summed E-state index contributed by atoms with van der Waals surface area (Å²) >= 11 is 0. The largest absolute Gasteiger partial charge is 0.491 e. The van der Waals surface area contributed by atoms with Gasteiger partial charge in [-0.1, -0.05) is 51.1 Å². The lowest BCUT2D eigenvalue weighted by Crippen LogP contribution is -2.11. The zero-order valence-electron chi connectivity index (χ0n) is 18.6. The molecule has 0 heterocycles. The molecule has 0 aliphatic rings. The highest BCUT2D eigenvalue weighted by Crippen LogP contribution is 2.25. The van der Waals surface area contributed by atoms with Crippen LogP contribution in [0.3, 0.4) is 0 Å². The Morgan fingerprint density at radius 2 is 1.52 bits per heavy atom. The van der Waals surface area contributed by atoms with Crippen LogP contribution < -0.4 is 9.47 Å². The zero-order chi connectivity index (χ0) is 21.1. The maximum atomic E-state index is 5.97. The maximum Gasteiger partial charge on any atom is 0.126 e. The van der Waals surface area contributed by atoms with Crippen molar-refractivity contribution in [1.82, 2.24) is 0 Å². The molecule has 4 nitrogen and oxygen atoms in total. The first-order chi connectivity index (χ1) is 13.9. The van der Waals surface area contributed by atoms with Gasteiger partial charge in [0.25, 0.3) is 0 Å². The second kappa shape index (κ2) is 11.8. The van der Waals surface area contributed by atoms with Gasteiger partial charge in [0.15, 0.2) is 0 Å². The molecule has 0 atom stereocenters. The Hall–Kier alpha value is -2.04. The predicted octanol–water partition coefficient (Wildman–Crippen LogP) is 5.77. The number of benzene rings is 2. The van der Waals surface area contributed by atoms with E-state index in [1.54, 1.807) is 0 Å². The molecule has 4 heteroatoms. The van der Waals surface area contributed by atoms with Crippen molar-refractivity contribution in [1.29, 1.82) is 0 Å². The minimum atomic E-state index is 0.141. The van der Waals surface area contributed by atoms with E-state index in [2.05, 4.69) is 32.9 Å². The van der Waals surface area contributed by atoms with Crippen LogP contribution in [0.25, 0.3) is 0 Å². The fourth-order valence-electron chi connectivity index (χ4n) is 2.77. The normalized spacial score (nSPS) is 11.7. The van der Waals surface area contributed by atoms with E-state index in [4.69, 9.17) is 18.9 Å². The summed E-state index contributed by atoms with van der Waals surface area (Å²) in [6, 6.07) is 16.3. The molecule has 0 amide bonds. The second-order valence-corrected chi connectivity index (χ2v) is 8.40. The molecule has 2 aromatic carbocycles. The molecule has 0 unspecified atom stereocenters. The Morgan fingerprint density at radius 1 is 0.793 bits per heavy atom. The van der Waals surface area contributed by atoms with Crippen LogP contribution in [0.1, 0.15) is 52.2 Å². The molecular formula is C25H36O4. The van der Waals surface area contributed by atoms with Crippen LogP contribution in [-0.2, 0) is 21.5 Å². The van der Waals surface area contributed by atoms with Gasteiger partial charge in [-0.25, -0.2) is 0 Å². The molecule has 0 saturated heterocycles. The second-order valence-electron chi connectivity index (χ2n) is 8.40. The predicted molar refractivity (Wildman–Crippen MR) is 118 cm³/mol. The van der Waals surface area contributed by atoms with E-state index in [9.17, 15) is 0 Å². The van der Waals surface area contributed by atoms with Gasteiger partial charge < -0.3 is 18.9 Å². The Bertz CT molecular complexity index is 702. The van der Waals surface area contributed by atoms with Crippen LogP contribution in [0.2, 0.25) is 0 Å². The zero-order valence-corrected chi connectivity index (χ0v) is 18.6. The van der Waals surface area contributed by atoms with E-state index in [1.807, 2.05) is 50.2 Å². The Kier molecular flexibility index (Phi) is 9.49. The van der Waals surface area contributed by atoms with Crippen LogP contribution in [0.4, 0.5) is 0 Å². The summed E-state index contributed by atoms with van der Waals surface area (Å²) in [7, 11) is 0. The first-order valence-electron chi connectivity index (χ1n) is 10.5. The minimum Gasteiger partial charge on any atom is -0.491 e. The van der Waals surface area contributed by atoms with Gasteiger partial charge in [0.1, 0.15) is 24.7 Å². The molecule has 0 aromatic heterocycles. The highest BCUT2D eigenvalue weighted by Gasteiger charge is 2.13. The molecule has 0 N–H and O–H groups in total. The molecule has 160 valence electrons. The molecule has 2 aromatic rings. The molecule has 0 radical (unpaired) electrons. The number of hydrogen-bond acceptors (Lipinski definition) is 4. The van der Waals surface area contributed by atoms with E-state index in [1.165, 1.54) is 5.56 Å². The average Bonchev–Trinajstić information content (AvgIpc) is 2.68. The van der Waals surface area contributed by atoms with E-state index in [0.717, 1.165) is 30.1 Å². The third-order valence-corrected chi connectivity index (χ3v) is 4.46. The molecule has 0 aliphatic heterocycles. The van der Waals surface area contributed by atoms with Gasteiger partial charge in [-0.2, -0.15) is 0 Å². The Labute approximate surface area is 176 Å². The van der Waals surface area contributed by atoms with Crippen LogP contribution in [0.5, 0.6) is 11.5 Å². The van der Waals surface area contributed by atoms with Gasteiger partial charge in [-0.05, 0) is 49.4 Å². The smallest absolute Gasteiger partial charge is 0.126 e. The van der Waals surface area contributed by atoms with Crippen molar-refractivity contribution in [3.8, 4) is 11.5 Å². The van der Waals surface area contributed by atoms with Crippen molar-refractivity contribution < 1.29 is 18.9 Å². The summed E-state index contributed by atoms with van der Waals surface area (Å²) in [6.07, 6.45) is 1.17. The highest BCUT2D eigenvalue weighted by molar-refractivity contribution is 5.34. The van der Waals surface area contributed by atoms with Crippen LogP contribution in [0.15, 0.2) is 48.5 Å². The van der Waals surface area contributed by atoms with E-state index in [0.29, 0.717) is 26.4 Å². The lowest BCUT2D eigenvalue weighted by atomic mass is 9.87. The van der Waals surface area contributed by atoms with E-state index in [-0.39, 0.29) is 11.5 Å². The van der Waals surface area contributed by atoms with Crippen molar-refractivity contribution in [2.75, 3.05) is 26.4 Å². The monoisotopic (exact) mass is 400 g/mol. The van der Waals surface area contributed by atoms with Gasteiger partial charge in [0, 0.05) is 18.8 Å². The molecule has 0 aliphatic carbocycles. The van der Waals surface area contributed by atoms with Crippen molar-refractivity contribution in [2.24, 2.45) is 0 Å². The van der Waals surface area contributed by atoms with Gasteiger partial charge in [-0.15, -0.1) is 0 Å². The van der Waals surface area contributed by atoms with Crippen molar-refractivity contribution >= 4 is 0 Å². The van der Waals surface area contributed by atoms with Gasteiger partial charge in [-0.3, -0.25) is 0 Å². The fourth-order valence-corrected chi connectivity index (χ4v) is 2.77. The number of hydrogen-bond donors (Lipinski definition) is 0. The van der Waals surface area contributed by atoms with Crippen LogP contribution in [0, 0.1) is 0 Å². The standard InChI is InChI=1S/C25H36O4/c1-20(2)27-16-8-15-26-17-18-28-24-10-7-6-9-21(24)19-29-23-13-11-22(12-14-23)25(3,4)5/h6-7,9-14,20H,8,15-19H2,1-5H3. The highest BCUT2D eigenvalue weighted by atomic mass is 16.5. The Morgan fingerprint density at radius 3 is 2.21 bits per heavy atom. The van der Waals surface area contributed by atoms with Gasteiger partial charge >= 0.3 is 0 Å². The maximum absolute atomic E-state index is 5.97. The van der Waals surface area contributed by atoms with E-state index >= 15 is 0 Å². The SMILES string of the molecule is CC(C)OCCCOCCOc1ccccc1COc1ccc(C(C)(C)C)cc1. The van der Waals surface area contributed by atoms with Crippen LogP contribution >= 0.6 is 0 Å². The summed E-state index contributed by atoms with van der Waals surface area (Å²) in [5.41, 5.74) is 2.46. The van der Waals surface area contributed by atoms with Crippen molar-refractivity contribution in [3.63, 3.8) is 0 Å². The number of rotatable bonds is 12. The van der Waals surface area contributed by atoms with Gasteiger partial charge in [0.2, 0.25) is 0 Å². The summed E-state index contributed by atoms with van der Waals surface area (Å²) in [4.78, 5) is 0.